The Morgan fingerprint density at radius 3 is 2.78 bits per heavy atom. The molecule has 0 radical (unpaired) electrons. The molecular weight excluding hydrogens is 293 g/mol. The third-order valence-electron chi connectivity index (χ3n) is 3.68. The van der Waals surface area contributed by atoms with E-state index < -0.39 is 5.95 Å². The van der Waals surface area contributed by atoms with E-state index in [-0.39, 0.29) is 0 Å². The van der Waals surface area contributed by atoms with E-state index in [9.17, 15) is 4.39 Å². The molecule has 0 bridgehead atoms. The average Bonchev–Trinajstić information content (AvgIpc) is 3.01. The summed E-state index contributed by atoms with van der Waals surface area (Å²) in [5.41, 5.74) is 4.06. The fourth-order valence-corrected chi connectivity index (χ4v) is 2.42. The molecule has 5 nitrogen and oxygen atoms in total. The van der Waals surface area contributed by atoms with Crippen molar-refractivity contribution in [3.63, 3.8) is 0 Å². The molecule has 1 N–H and O–H groups in total. The van der Waals surface area contributed by atoms with Gasteiger partial charge in [0, 0.05) is 28.9 Å². The molecule has 0 amide bonds. The SMILES string of the molecule is Cc1ccc(-c2n[nH]c3cnc(-c4cccnc4)cc23)nc1F. The molecule has 4 aromatic rings. The zero-order valence-electron chi connectivity index (χ0n) is 12.3. The van der Waals surface area contributed by atoms with Crippen LogP contribution in [-0.4, -0.2) is 25.1 Å². The first-order valence-electron chi connectivity index (χ1n) is 7.10. The van der Waals surface area contributed by atoms with E-state index in [1.165, 1.54) is 0 Å². The van der Waals surface area contributed by atoms with Gasteiger partial charge in [0.15, 0.2) is 0 Å². The van der Waals surface area contributed by atoms with Crippen LogP contribution in [0, 0.1) is 12.9 Å². The standard InChI is InChI=1S/C17H12FN5/c1-10-4-5-13(21-17(10)18)16-12-7-14(11-3-2-6-19-8-11)20-9-15(12)22-23-16/h2-9H,1H3,(H,22,23). The van der Waals surface area contributed by atoms with Crippen molar-refractivity contribution >= 4 is 10.9 Å². The molecule has 0 aliphatic rings. The summed E-state index contributed by atoms with van der Waals surface area (Å²) in [7, 11) is 0. The second-order valence-corrected chi connectivity index (χ2v) is 5.23. The van der Waals surface area contributed by atoms with Crippen molar-refractivity contribution in [1.82, 2.24) is 25.1 Å². The van der Waals surface area contributed by atoms with E-state index >= 15 is 0 Å². The number of hydrogen-bond acceptors (Lipinski definition) is 4. The number of hydrogen-bond donors (Lipinski definition) is 1. The van der Waals surface area contributed by atoms with Crippen LogP contribution < -0.4 is 0 Å². The molecule has 0 fully saturated rings. The van der Waals surface area contributed by atoms with E-state index in [1.807, 2.05) is 18.2 Å². The van der Waals surface area contributed by atoms with Crippen molar-refractivity contribution in [2.75, 3.05) is 0 Å². The first-order chi connectivity index (χ1) is 11.2. The van der Waals surface area contributed by atoms with Gasteiger partial charge in [-0.3, -0.25) is 15.1 Å². The molecule has 23 heavy (non-hydrogen) atoms. The minimum atomic E-state index is -0.486. The maximum absolute atomic E-state index is 13.7. The second-order valence-electron chi connectivity index (χ2n) is 5.23. The summed E-state index contributed by atoms with van der Waals surface area (Å²) in [6.45, 7) is 1.68. The second kappa shape index (κ2) is 5.24. The first kappa shape index (κ1) is 13.5. The lowest BCUT2D eigenvalue weighted by Crippen LogP contribution is -1.92. The summed E-state index contributed by atoms with van der Waals surface area (Å²) in [4.78, 5) is 12.5. The Kier molecular flexibility index (Phi) is 3.08. The predicted octanol–water partition coefficient (Wildman–Crippen LogP) is 3.53. The van der Waals surface area contributed by atoms with Crippen LogP contribution in [0.3, 0.4) is 0 Å². The van der Waals surface area contributed by atoms with Crippen LogP contribution in [0.1, 0.15) is 5.56 Å². The minimum absolute atomic E-state index is 0.486. The Labute approximate surface area is 131 Å². The van der Waals surface area contributed by atoms with E-state index in [4.69, 9.17) is 0 Å². The van der Waals surface area contributed by atoms with Crippen LogP contribution in [0.15, 0.2) is 48.9 Å². The van der Waals surface area contributed by atoms with Crippen molar-refractivity contribution in [2.45, 2.75) is 6.92 Å². The molecule has 0 aliphatic carbocycles. The highest BCUT2D eigenvalue weighted by molar-refractivity contribution is 5.93. The van der Waals surface area contributed by atoms with Crippen molar-refractivity contribution in [1.29, 1.82) is 0 Å². The lowest BCUT2D eigenvalue weighted by molar-refractivity contribution is 0.576. The summed E-state index contributed by atoms with van der Waals surface area (Å²) in [5.74, 6) is -0.486. The highest BCUT2D eigenvalue weighted by Crippen LogP contribution is 2.28. The predicted molar refractivity (Wildman–Crippen MR) is 85.0 cm³/mol. The number of rotatable bonds is 2. The summed E-state index contributed by atoms with van der Waals surface area (Å²) >= 11 is 0. The van der Waals surface area contributed by atoms with Gasteiger partial charge in [0.1, 0.15) is 5.69 Å². The smallest absolute Gasteiger partial charge is 0.216 e. The number of aromatic nitrogens is 5. The molecule has 4 aromatic heterocycles. The third-order valence-corrected chi connectivity index (χ3v) is 3.68. The van der Waals surface area contributed by atoms with Crippen LogP contribution in [0.2, 0.25) is 0 Å². The highest BCUT2D eigenvalue weighted by Gasteiger charge is 2.13. The molecule has 0 aliphatic heterocycles. The van der Waals surface area contributed by atoms with Gasteiger partial charge in [0.05, 0.1) is 23.1 Å². The van der Waals surface area contributed by atoms with Gasteiger partial charge in [-0.25, -0.2) is 4.98 Å². The van der Waals surface area contributed by atoms with Gasteiger partial charge in [-0.2, -0.15) is 9.49 Å². The number of nitrogens with zero attached hydrogens (tertiary/aromatic N) is 4. The molecule has 0 saturated carbocycles. The quantitative estimate of drug-likeness (QED) is 0.575. The number of aryl methyl sites for hydroxylation is 1. The molecule has 4 heterocycles. The molecule has 6 heteroatoms. The van der Waals surface area contributed by atoms with E-state index in [1.54, 1.807) is 37.6 Å². The number of H-pyrrole nitrogens is 1. The number of aromatic amines is 1. The van der Waals surface area contributed by atoms with Gasteiger partial charge >= 0.3 is 0 Å². The van der Waals surface area contributed by atoms with Gasteiger partial charge in [-0.15, -0.1) is 0 Å². The van der Waals surface area contributed by atoms with Crippen molar-refractivity contribution in [2.24, 2.45) is 0 Å². The van der Waals surface area contributed by atoms with Crippen LogP contribution in [-0.2, 0) is 0 Å². The zero-order chi connectivity index (χ0) is 15.8. The number of pyridine rings is 3. The van der Waals surface area contributed by atoms with Gasteiger partial charge in [0.2, 0.25) is 5.95 Å². The fraction of sp³-hybridized carbons (Fsp3) is 0.0588. The Hall–Kier alpha value is -3.15. The third kappa shape index (κ3) is 2.34. The average molecular weight is 305 g/mol. The molecule has 0 unspecified atom stereocenters. The summed E-state index contributed by atoms with van der Waals surface area (Å²) in [6, 6.07) is 9.16. The molecule has 0 spiro atoms. The van der Waals surface area contributed by atoms with E-state index in [0.29, 0.717) is 17.0 Å². The lowest BCUT2D eigenvalue weighted by atomic mass is 10.1. The molecule has 112 valence electrons. The molecular formula is C17H12FN5. The normalized spacial score (nSPS) is 11.0. The lowest BCUT2D eigenvalue weighted by Gasteiger charge is -2.02. The first-order valence-corrected chi connectivity index (χ1v) is 7.10. The Morgan fingerprint density at radius 1 is 1.09 bits per heavy atom. The summed E-state index contributed by atoms with van der Waals surface area (Å²) in [5, 5.41) is 8.01. The Balaban J connectivity index is 1.89. The topological polar surface area (TPSA) is 67.3 Å². The molecule has 4 rings (SSSR count). The molecule has 0 aromatic carbocycles. The van der Waals surface area contributed by atoms with E-state index in [2.05, 4.69) is 25.1 Å². The molecule has 0 atom stereocenters. The monoisotopic (exact) mass is 305 g/mol. The van der Waals surface area contributed by atoms with Crippen LogP contribution in [0.5, 0.6) is 0 Å². The van der Waals surface area contributed by atoms with Crippen LogP contribution in [0.25, 0.3) is 33.5 Å². The van der Waals surface area contributed by atoms with Gasteiger partial charge in [0.25, 0.3) is 0 Å². The van der Waals surface area contributed by atoms with Crippen molar-refractivity contribution < 1.29 is 4.39 Å². The summed E-state index contributed by atoms with van der Waals surface area (Å²) in [6.07, 6.45) is 5.17. The number of nitrogens with one attached hydrogen (secondary N) is 1. The fourth-order valence-electron chi connectivity index (χ4n) is 2.42. The van der Waals surface area contributed by atoms with Gasteiger partial charge in [-0.1, -0.05) is 6.07 Å². The van der Waals surface area contributed by atoms with Crippen molar-refractivity contribution in [3.8, 4) is 22.6 Å². The number of halogens is 1. The Bertz CT molecular complexity index is 994. The maximum atomic E-state index is 13.7. The van der Waals surface area contributed by atoms with Gasteiger partial charge < -0.3 is 0 Å². The maximum Gasteiger partial charge on any atom is 0.216 e. The van der Waals surface area contributed by atoms with Gasteiger partial charge in [-0.05, 0) is 31.2 Å². The summed E-state index contributed by atoms with van der Waals surface area (Å²) < 4.78 is 13.7. The van der Waals surface area contributed by atoms with Crippen LogP contribution >= 0.6 is 0 Å². The number of fused-ring (bicyclic) bond motifs is 1. The highest BCUT2D eigenvalue weighted by atomic mass is 19.1. The molecule has 0 saturated heterocycles. The zero-order valence-corrected chi connectivity index (χ0v) is 12.3. The largest absolute Gasteiger partial charge is 0.276 e. The van der Waals surface area contributed by atoms with E-state index in [0.717, 1.165) is 22.2 Å². The van der Waals surface area contributed by atoms with Crippen molar-refractivity contribution in [3.05, 3.63) is 60.4 Å². The Morgan fingerprint density at radius 2 is 2.00 bits per heavy atom. The van der Waals surface area contributed by atoms with Crippen LogP contribution in [0.4, 0.5) is 4.39 Å². The minimum Gasteiger partial charge on any atom is -0.276 e.